The minimum absolute atomic E-state index is 0.0545. The smallest absolute Gasteiger partial charge is 0.233 e. The fourth-order valence-electron chi connectivity index (χ4n) is 1.92. The Hall–Kier alpha value is -1.41. The molecule has 1 atom stereocenters. The summed E-state index contributed by atoms with van der Waals surface area (Å²) < 4.78 is 1.89. The number of nitrogens with one attached hydrogen (secondary N) is 1. The third-order valence-corrected chi connectivity index (χ3v) is 5.32. The lowest BCUT2D eigenvalue weighted by Crippen LogP contribution is -2.30. The molecule has 0 radical (unpaired) electrons. The molecule has 0 bridgehead atoms. The fourth-order valence-corrected chi connectivity index (χ4v) is 3.38. The van der Waals surface area contributed by atoms with Crippen LogP contribution in [0.3, 0.4) is 0 Å². The molecular formula is C13H17N5OS2. The average molecular weight is 323 g/mol. The third-order valence-electron chi connectivity index (χ3n) is 3.30. The van der Waals surface area contributed by atoms with Gasteiger partial charge in [-0.15, -0.1) is 28.2 Å². The highest BCUT2D eigenvalue weighted by Crippen LogP contribution is 2.35. The molecule has 6 nitrogen and oxygen atoms in total. The Kier molecular flexibility index (Phi) is 4.54. The Bertz CT molecular complexity index is 593. The Morgan fingerprint density at radius 3 is 3.19 bits per heavy atom. The van der Waals surface area contributed by atoms with Crippen LogP contribution in [0.5, 0.6) is 0 Å². The number of tetrazole rings is 1. The number of aromatic nitrogens is 4. The number of thioether (sulfide) groups is 1. The summed E-state index contributed by atoms with van der Waals surface area (Å²) in [5.74, 6) is 1.58. The number of hydrogen-bond donors (Lipinski definition) is 1. The van der Waals surface area contributed by atoms with Gasteiger partial charge in [-0.2, -0.15) is 0 Å². The lowest BCUT2D eigenvalue weighted by molar-refractivity contribution is -0.120. The second-order valence-corrected chi connectivity index (χ2v) is 7.38. The topological polar surface area (TPSA) is 72.7 Å². The molecule has 0 spiro atoms. The lowest BCUT2D eigenvalue weighted by atomic mass is 10.4. The van der Waals surface area contributed by atoms with E-state index in [0.717, 1.165) is 18.7 Å². The maximum absolute atomic E-state index is 12.0. The average Bonchev–Trinajstić information content (AvgIpc) is 3.02. The van der Waals surface area contributed by atoms with Crippen LogP contribution in [0, 0.1) is 0 Å². The van der Waals surface area contributed by atoms with Crippen molar-refractivity contribution in [1.82, 2.24) is 25.5 Å². The van der Waals surface area contributed by atoms with E-state index in [9.17, 15) is 4.79 Å². The number of carbonyl (C=O) groups excluding carboxylic acids is 1. The molecule has 0 aliphatic heterocycles. The van der Waals surface area contributed by atoms with E-state index in [1.807, 2.05) is 29.1 Å². The third kappa shape index (κ3) is 3.82. The van der Waals surface area contributed by atoms with Gasteiger partial charge in [-0.25, -0.2) is 4.68 Å². The van der Waals surface area contributed by atoms with E-state index in [0.29, 0.717) is 18.3 Å². The van der Waals surface area contributed by atoms with E-state index in [2.05, 4.69) is 20.8 Å². The molecule has 3 rings (SSSR count). The Balaban J connectivity index is 1.45. The van der Waals surface area contributed by atoms with Gasteiger partial charge in [0.15, 0.2) is 5.82 Å². The number of nitrogens with zero attached hydrogens (tertiary/aromatic N) is 4. The van der Waals surface area contributed by atoms with Crippen LogP contribution < -0.4 is 5.32 Å². The van der Waals surface area contributed by atoms with Crippen LogP contribution in [0.4, 0.5) is 0 Å². The zero-order chi connectivity index (χ0) is 14.7. The first-order chi connectivity index (χ1) is 10.2. The number of hydrogen-bond acceptors (Lipinski definition) is 6. The second kappa shape index (κ2) is 6.57. The molecule has 1 saturated carbocycles. The molecule has 1 amide bonds. The van der Waals surface area contributed by atoms with Gasteiger partial charge in [-0.05, 0) is 41.6 Å². The summed E-state index contributed by atoms with van der Waals surface area (Å²) in [6.07, 6.45) is 2.30. The summed E-state index contributed by atoms with van der Waals surface area (Å²) in [6.45, 7) is 2.51. The Morgan fingerprint density at radius 1 is 1.62 bits per heavy atom. The molecule has 21 heavy (non-hydrogen) atoms. The second-order valence-electron chi connectivity index (χ2n) is 5.02. The van der Waals surface area contributed by atoms with E-state index in [4.69, 9.17) is 0 Å². The van der Waals surface area contributed by atoms with Crippen LogP contribution in [-0.2, 0) is 17.1 Å². The minimum Gasteiger partial charge on any atom is -0.350 e. The van der Waals surface area contributed by atoms with Gasteiger partial charge in [0.25, 0.3) is 0 Å². The van der Waals surface area contributed by atoms with Crippen molar-refractivity contribution in [3.63, 3.8) is 0 Å². The zero-order valence-corrected chi connectivity index (χ0v) is 13.4. The van der Waals surface area contributed by atoms with Gasteiger partial charge in [0.05, 0.1) is 23.6 Å². The predicted octanol–water partition coefficient (Wildman–Crippen LogP) is 2.01. The monoisotopic (exact) mass is 323 g/mol. The van der Waals surface area contributed by atoms with Crippen LogP contribution in [0.1, 0.15) is 36.5 Å². The molecule has 2 aromatic rings. The summed E-state index contributed by atoms with van der Waals surface area (Å²) in [7, 11) is 0. The van der Waals surface area contributed by atoms with Crippen molar-refractivity contribution in [2.75, 3.05) is 0 Å². The van der Waals surface area contributed by atoms with E-state index in [1.165, 1.54) is 4.88 Å². The van der Waals surface area contributed by atoms with Crippen molar-refractivity contribution in [2.24, 2.45) is 0 Å². The van der Waals surface area contributed by atoms with Crippen molar-refractivity contribution >= 4 is 29.0 Å². The summed E-state index contributed by atoms with van der Waals surface area (Å²) in [4.78, 5) is 13.2. The molecule has 2 aromatic heterocycles. The molecule has 1 aliphatic rings. The first-order valence-corrected chi connectivity index (χ1v) is 8.85. The van der Waals surface area contributed by atoms with Crippen LogP contribution in [0.25, 0.3) is 0 Å². The van der Waals surface area contributed by atoms with Gasteiger partial charge in [0, 0.05) is 4.88 Å². The Labute approximate surface area is 131 Å². The normalized spacial score (nSPS) is 15.9. The van der Waals surface area contributed by atoms with E-state index in [1.54, 1.807) is 23.1 Å². The van der Waals surface area contributed by atoms with Gasteiger partial charge in [-0.3, -0.25) is 4.79 Å². The minimum atomic E-state index is -0.116. The number of carbonyl (C=O) groups is 1. The first kappa shape index (κ1) is 14.5. The molecule has 1 aliphatic carbocycles. The maximum atomic E-state index is 12.0. The molecule has 1 fully saturated rings. The van der Waals surface area contributed by atoms with Crippen molar-refractivity contribution in [2.45, 2.75) is 43.4 Å². The van der Waals surface area contributed by atoms with Gasteiger partial charge >= 0.3 is 0 Å². The van der Waals surface area contributed by atoms with Crippen LogP contribution in [0.15, 0.2) is 17.5 Å². The van der Waals surface area contributed by atoms with E-state index in [-0.39, 0.29) is 11.2 Å². The van der Waals surface area contributed by atoms with Gasteiger partial charge in [0.2, 0.25) is 5.91 Å². The zero-order valence-electron chi connectivity index (χ0n) is 11.7. The highest BCUT2D eigenvalue weighted by atomic mass is 32.2. The van der Waals surface area contributed by atoms with Gasteiger partial charge in [0.1, 0.15) is 0 Å². The van der Waals surface area contributed by atoms with E-state index >= 15 is 0 Å². The quantitative estimate of drug-likeness (QED) is 0.844. The first-order valence-electron chi connectivity index (χ1n) is 6.92. The standard InChI is InChI=1S/C13H17N5OS2/c1-9(13(19)14-7-11-3-2-6-20-11)21-8-12-15-16-17-18(12)10-4-5-10/h2-3,6,9-10H,4-5,7-8H2,1H3,(H,14,19). The van der Waals surface area contributed by atoms with Crippen molar-refractivity contribution in [3.05, 3.63) is 28.2 Å². The maximum Gasteiger partial charge on any atom is 0.233 e. The van der Waals surface area contributed by atoms with Crippen molar-refractivity contribution in [1.29, 1.82) is 0 Å². The SMILES string of the molecule is CC(SCc1nnnn1C1CC1)C(=O)NCc1cccs1. The summed E-state index contributed by atoms with van der Waals surface area (Å²) in [6, 6.07) is 4.48. The molecule has 0 aromatic carbocycles. The molecule has 112 valence electrons. The molecule has 8 heteroatoms. The van der Waals surface area contributed by atoms with E-state index < -0.39 is 0 Å². The summed E-state index contributed by atoms with van der Waals surface area (Å²) in [5.41, 5.74) is 0. The summed E-state index contributed by atoms with van der Waals surface area (Å²) in [5, 5.41) is 16.6. The fraction of sp³-hybridized carbons (Fsp3) is 0.538. The summed E-state index contributed by atoms with van der Waals surface area (Å²) >= 11 is 3.22. The van der Waals surface area contributed by atoms with Gasteiger partial charge < -0.3 is 5.32 Å². The number of amides is 1. The molecule has 1 unspecified atom stereocenters. The number of thiophene rings is 1. The Morgan fingerprint density at radius 2 is 2.48 bits per heavy atom. The molecular weight excluding hydrogens is 306 g/mol. The largest absolute Gasteiger partial charge is 0.350 e. The van der Waals surface area contributed by atoms with Crippen molar-refractivity contribution < 1.29 is 4.79 Å². The van der Waals surface area contributed by atoms with Gasteiger partial charge in [-0.1, -0.05) is 6.07 Å². The van der Waals surface area contributed by atoms with Crippen LogP contribution in [0.2, 0.25) is 0 Å². The highest BCUT2D eigenvalue weighted by Gasteiger charge is 2.28. The molecule has 0 saturated heterocycles. The lowest BCUT2D eigenvalue weighted by Gasteiger charge is -2.11. The van der Waals surface area contributed by atoms with Crippen LogP contribution >= 0.6 is 23.1 Å². The molecule has 1 N–H and O–H groups in total. The van der Waals surface area contributed by atoms with Crippen molar-refractivity contribution in [3.8, 4) is 0 Å². The number of rotatable bonds is 7. The highest BCUT2D eigenvalue weighted by molar-refractivity contribution is 7.99. The molecule has 2 heterocycles. The van der Waals surface area contributed by atoms with Crippen LogP contribution in [-0.4, -0.2) is 31.4 Å². The predicted molar refractivity (Wildman–Crippen MR) is 83.0 cm³/mol.